The molecule has 0 aliphatic carbocycles. The lowest BCUT2D eigenvalue weighted by atomic mass is 10.1. The summed E-state index contributed by atoms with van der Waals surface area (Å²) < 4.78 is 0. The molecule has 0 atom stereocenters. The lowest BCUT2D eigenvalue weighted by molar-refractivity contribution is -0.185. The van der Waals surface area contributed by atoms with Crippen molar-refractivity contribution in [3.05, 3.63) is 35.9 Å². The smallest absolute Gasteiger partial charge is 0.265 e. The minimum absolute atomic E-state index is 0.235. The van der Waals surface area contributed by atoms with E-state index in [1.165, 1.54) is 0 Å². The number of benzene rings is 1. The molecule has 1 aromatic carbocycles. The number of nitrogens with zero attached hydrogens (tertiary/aromatic N) is 1. The molecule has 0 spiro atoms. The standard InChI is InChI=1S/C13H18N2O3/c1-13(2,3)15(18)11(16)9-14-12(17)10-7-5-4-6-8-10/h4-8,18H,9H2,1-3H3,(H,14,17). The fourth-order valence-electron chi connectivity index (χ4n) is 1.30. The maximum absolute atomic E-state index is 11.7. The maximum atomic E-state index is 11.7. The van der Waals surface area contributed by atoms with Crippen LogP contribution in [-0.4, -0.2) is 34.2 Å². The Morgan fingerprint density at radius 3 is 2.28 bits per heavy atom. The zero-order chi connectivity index (χ0) is 13.8. The van der Waals surface area contributed by atoms with Crippen molar-refractivity contribution >= 4 is 11.8 Å². The highest BCUT2D eigenvalue weighted by atomic mass is 16.5. The van der Waals surface area contributed by atoms with Crippen molar-refractivity contribution in [2.45, 2.75) is 26.3 Å². The van der Waals surface area contributed by atoms with Gasteiger partial charge in [-0.1, -0.05) is 18.2 Å². The van der Waals surface area contributed by atoms with E-state index in [0.29, 0.717) is 10.6 Å². The van der Waals surface area contributed by atoms with Crippen molar-refractivity contribution in [1.82, 2.24) is 10.4 Å². The Bertz CT molecular complexity index is 424. The second-order valence-electron chi connectivity index (χ2n) is 4.93. The first kappa shape index (κ1) is 14.2. The predicted molar refractivity (Wildman–Crippen MR) is 67.2 cm³/mol. The molecule has 0 aliphatic heterocycles. The van der Waals surface area contributed by atoms with E-state index in [-0.39, 0.29) is 12.5 Å². The van der Waals surface area contributed by atoms with Crippen molar-refractivity contribution in [3.63, 3.8) is 0 Å². The molecule has 0 fully saturated rings. The third-order valence-corrected chi connectivity index (χ3v) is 2.31. The number of nitrogens with one attached hydrogen (secondary N) is 1. The average molecular weight is 250 g/mol. The largest absolute Gasteiger partial charge is 0.343 e. The molecule has 5 nitrogen and oxygen atoms in total. The Morgan fingerprint density at radius 2 is 1.78 bits per heavy atom. The lowest BCUT2D eigenvalue weighted by Crippen LogP contribution is -2.47. The van der Waals surface area contributed by atoms with Gasteiger partial charge in [0.15, 0.2) is 0 Å². The van der Waals surface area contributed by atoms with E-state index >= 15 is 0 Å². The summed E-state index contributed by atoms with van der Waals surface area (Å²) in [6, 6.07) is 8.59. The van der Waals surface area contributed by atoms with Crippen molar-refractivity contribution in [1.29, 1.82) is 0 Å². The first-order valence-electron chi connectivity index (χ1n) is 5.67. The number of amides is 2. The van der Waals surface area contributed by atoms with E-state index < -0.39 is 11.4 Å². The second kappa shape index (κ2) is 5.64. The fourth-order valence-corrected chi connectivity index (χ4v) is 1.30. The Labute approximate surface area is 106 Å². The minimum atomic E-state index is -0.686. The predicted octanol–water partition coefficient (Wildman–Crippen LogP) is 1.43. The Morgan fingerprint density at radius 1 is 1.22 bits per heavy atom. The number of carbonyl (C=O) groups excluding carboxylic acids is 2. The molecule has 2 amide bonds. The van der Waals surface area contributed by atoms with Gasteiger partial charge in [-0.3, -0.25) is 14.8 Å². The van der Waals surface area contributed by atoms with Gasteiger partial charge < -0.3 is 5.32 Å². The highest BCUT2D eigenvalue weighted by molar-refractivity contribution is 5.96. The van der Waals surface area contributed by atoms with E-state index in [1.807, 2.05) is 0 Å². The number of hydrogen-bond acceptors (Lipinski definition) is 3. The SMILES string of the molecule is CC(C)(C)N(O)C(=O)CNC(=O)c1ccccc1. The zero-order valence-corrected chi connectivity index (χ0v) is 10.8. The molecular formula is C13H18N2O3. The topological polar surface area (TPSA) is 69.6 Å². The molecule has 0 aromatic heterocycles. The average Bonchev–Trinajstić information content (AvgIpc) is 2.34. The molecule has 0 saturated heterocycles. The van der Waals surface area contributed by atoms with Crippen LogP contribution in [0.25, 0.3) is 0 Å². The van der Waals surface area contributed by atoms with Gasteiger partial charge in [0.1, 0.15) is 0 Å². The molecule has 0 radical (unpaired) electrons. The first-order chi connectivity index (χ1) is 8.32. The van der Waals surface area contributed by atoms with Gasteiger partial charge >= 0.3 is 0 Å². The zero-order valence-electron chi connectivity index (χ0n) is 10.8. The molecule has 0 bridgehead atoms. The van der Waals surface area contributed by atoms with Crippen LogP contribution >= 0.6 is 0 Å². The van der Waals surface area contributed by atoms with E-state index in [9.17, 15) is 14.8 Å². The molecule has 18 heavy (non-hydrogen) atoms. The number of carbonyl (C=O) groups is 2. The van der Waals surface area contributed by atoms with Gasteiger partial charge in [0.2, 0.25) is 0 Å². The molecule has 1 aromatic rings. The van der Waals surface area contributed by atoms with E-state index in [1.54, 1.807) is 51.1 Å². The maximum Gasteiger partial charge on any atom is 0.265 e. The third kappa shape index (κ3) is 3.85. The molecule has 2 N–H and O–H groups in total. The van der Waals surface area contributed by atoms with Crippen LogP contribution in [-0.2, 0) is 4.79 Å². The summed E-state index contributed by atoms with van der Waals surface area (Å²) in [5, 5.41) is 12.7. The summed E-state index contributed by atoms with van der Waals surface area (Å²) in [7, 11) is 0. The van der Waals surface area contributed by atoms with Crippen LogP contribution in [0.2, 0.25) is 0 Å². The Kier molecular flexibility index (Phi) is 4.44. The van der Waals surface area contributed by atoms with Crippen molar-refractivity contribution in [3.8, 4) is 0 Å². The van der Waals surface area contributed by atoms with Gasteiger partial charge in [0, 0.05) is 5.56 Å². The molecular weight excluding hydrogens is 232 g/mol. The van der Waals surface area contributed by atoms with Crippen LogP contribution < -0.4 is 5.32 Å². The fraction of sp³-hybridized carbons (Fsp3) is 0.385. The summed E-state index contributed by atoms with van der Waals surface area (Å²) in [6.07, 6.45) is 0. The normalized spacial score (nSPS) is 10.9. The molecule has 98 valence electrons. The van der Waals surface area contributed by atoms with Crippen molar-refractivity contribution < 1.29 is 14.8 Å². The minimum Gasteiger partial charge on any atom is -0.343 e. The van der Waals surface area contributed by atoms with Crippen LogP contribution in [0.3, 0.4) is 0 Å². The van der Waals surface area contributed by atoms with E-state index in [0.717, 1.165) is 0 Å². The summed E-state index contributed by atoms with van der Waals surface area (Å²) in [5.41, 5.74) is -0.209. The summed E-state index contributed by atoms with van der Waals surface area (Å²) >= 11 is 0. The number of hydroxylamine groups is 2. The first-order valence-corrected chi connectivity index (χ1v) is 5.67. The van der Waals surface area contributed by atoms with Gasteiger partial charge in [-0.05, 0) is 32.9 Å². The van der Waals surface area contributed by atoms with Crippen LogP contribution in [0, 0.1) is 0 Å². The summed E-state index contributed by atoms with van der Waals surface area (Å²) in [6.45, 7) is 4.86. The van der Waals surface area contributed by atoms with E-state index in [4.69, 9.17) is 0 Å². The van der Waals surface area contributed by atoms with Crippen molar-refractivity contribution in [2.75, 3.05) is 6.54 Å². The molecule has 0 unspecified atom stereocenters. The van der Waals surface area contributed by atoms with Gasteiger partial charge in [0.05, 0.1) is 12.1 Å². The third-order valence-electron chi connectivity index (χ3n) is 2.31. The van der Waals surface area contributed by atoms with Gasteiger partial charge in [-0.25, -0.2) is 5.06 Å². The van der Waals surface area contributed by atoms with Crippen LogP contribution in [0.15, 0.2) is 30.3 Å². The van der Waals surface area contributed by atoms with Crippen LogP contribution in [0.1, 0.15) is 31.1 Å². The summed E-state index contributed by atoms with van der Waals surface area (Å²) in [4.78, 5) is 23.2. The molecule has 0 heterocycles. The molecule has 0 saturated carbocycles. The summed E-state index contributed by atoms with van der Waals surface area (Å²) in [5.74, 6) is -0.891. The molecule has 0 aliphatic rings. The number of hydrogen-bond donors (Lipinski definition) is 2. The van der Waals surface area contributed by atoms with Crippen LogP contribution in [0.4, 0.5) is 0 Å². The Hall–Kier alpha value is -1.88. The molecule has 1 rings (SSSR count). The van der Waals surface area contributed by atoms with E-state index in [2.05, 4.69) is 5.32 Å². The lowest BCUT2D eigenvalue weighted by Gasteiger charge is -2.29. The van der Waals surface area contributed by atoms with Crippen LogP contribution in [0.5, 0.6) is 0 Å². The van der Waals surface area contributed by atoms with Gasteiger partial charge in [-0.15, -0.1) is 0 Å². The Balaban J connectivity index is 2.52. The van der Waals surface area contributed by atoms with Gasteiger partial charge in [0.25, 0.3) is 11.8 Å². The van der Waals surface area contributed by atoms with Gasteiger partial charge in [-0.2, -0.15) is 0 Å². The second-order valence-corrected chi connectivity index (χ2v) is 4.93. The quantitative estimate of drug-likeness (QED) is 0.630. The highest BCUT2D eigenvalue weighted by Crippen LogP contribution is 2.09. The number of rotatable bonds is 3. The highest BCUT2D eigenvalue weighted by Gasteiger charge is 2.24. The molecule has 5 heteroatoms. The van der Waals surface area contributed by atoms with Crippen molar-refractivity contribution in [2.24, 2.45) is 0 Å². The monoisotopic (exact) mass is 250 g/mol.